The Hall–Kier alpha value is 0.700. The minimum atomic E-state index is 0.553. The summed E-state index contributed by atoms with van der Waals surface area (Å²) >= 11 is 0. The molecule has 2 fully saturated rings. The van der Waals surface area contributed by atoms with E-state index in [1.54, 1.807) is 0 Å². The van der Waals surface area contributed by atoms with Crippen molar-refractivity contribution in [2.24, 2.45) is 5.41 Å². The van der Waals surface area contributed by atoms with Gasteiger partial charge < -0.3 is 0 Å². The van der Waals surface area contributed by atoms with Gasteiger partial charge >= 0.3 is 0 Å². The van der Waals surface area contributed by atoms with Crippen LogP contribution in [-0.4, -0.2) is 10.00 Å². The number of rotatable bonds is 0. The second-order valence-corrected chi connectivity index (χ2v) is 7.15. The van der Waals surface area contributed by atoms with Crippen molar-refractivity contribution < 1.29 is 0 Å². The van der Waals surface area contributed by atoms with Crippen LogP contribution in [0.15, 0.2) is 0 Å². The molecule has 1 heterocycles. The largest absolute Gasteiger partial charge is 0.0898 e. The molecule has 1 aliphatic heterocycles. The molecule has 2 rings (SSSR count). The van der Waals surface area contributed by atoms with Gasteiger partial charge in [0.1, 0.15) is 0 Å². The molecule has 0 aromatic carbocycles. The Bertz CT molecular complexity index is 159. The van der Waals surface area contributed by atoms with E-state index in [9.17, 15) is 0 Å². The summed E-state index contributed by atoms with van der Waals surface area (Å²) in [4.78, 5) is 0. The Morgan fingerprint density at radius 2 is 1.90 bits per heavy atom. The molecule has 1 saturated heterocycles. The van der Waals surface area contributed by atoms with Crippen molar-refractivity contribution in [2.75, 3.05) is 0 Å². The standard InChI is InChI=1S/C8H14S2/c1-6-8(4-5-8)7(2,3)10-9-6/h6H,4-5H2,1-3H3/t6-/m0/s1. The van der Waals surface area contributed by atoms with Crippen molar-refractivity contribution >= 4 is 21.6 Å². The first kappa shape index (κ1) is 7.35. The van der Waals surface area contributed by atoms with Gasteiger partial charge in [-0.1, -0.05) is 28.5 Å². The van der Waals surface area contributed by atoms with Gasteiger partial charge in [-0.25, -0.2) is 0 Å². The first-order valence-electron chi connectivity index (χ1n) is 3.93. The van der Waals surface area contributed by atoms with Crippen LogP contribution in [0.2, 0.25) is 0 Å². The van der Waals surface area contributed by atoms with Gasteiger partial charge in [-0.05, 0) is 32.1 Å². The molecular formula is C8H14S2. The van der Waals surface area contributed by atoms with Crippen LogP contribution in [-0.2, 0) is 0 Å². The van der Waals surface area contributed by atoms with Gasteiger partial charge in [-0.3, -0.25) is 0 Å². The molecule has 0 aromatic heterocycles. The van der Waals surface area contributed by atoms with E-state index in [1.165, 1.54) is 12.8 Å². The average molecular weight is 174 g/mol. The molecule has 1 spiro atoms. The quantitative estimate of drug-likeness (QED) is 0.517. The predicted octanol–water partition coefficient (Wildman–Crippen LogP) is 3.33. The van der Waals surface area contributed by atoms with Crippen molar-refractivity contribution in [3.05, 3.63) is 0 Å². The van der Waals surface area contributed by atoms with E-state index in [0.717, 1.165) is 10.7 Å². The van der Waals surface area contributed by atoms with Gasteiger partial charge in [0.15, 0.2) is 0 Å². The highest BCUT2D eigenvalue weighted by Gasteiger charge is 2.62. The Morgan fingerprint density at radius 1 is 1.30 bits per heavy atom. The van der Waals surface area contributed by atoms with Gasteiger partial charge in [0.2, 0.25) is 0 Å². The molecule has 10 heavy (non-hydrogen) atoms. The van der Waals surface area contributed by atoms with Crippen LogP contribution in [0.25, 0.3) is 0 Å². The maximum Gasteiger partial charge on any atom is 0.0274 e. The molecule has 1 saturated carbocycles. The fourth-order valence-corrected chi connectivity index (χ4v) is 5.93. The van der Waals surface area contributed by atoms with Crippen molar-refractivity contribution in [1.82, 2.24) is 0 Å². The Balaban J connectivity index is 2.27. The number of hydrogen-bond donors (Lipinski definition) is 0. The third-order valence-corrected chi connectivity index (χ3v) is 7.23. The predicted molar refractivity (Wildman–Crippen MR) is 50.4 cm³/mol. The third-order valence-electron chi connectivity index (χ3n) is 3.17. The summed E-state index contributed by atoms with van der Waals surface area (Å²) in [5.74, 6) is 0. The lowest BCUT2D eigenvalue weighted by Crippen LogP contribution is -2.29. The lowest BCUT2D eigenvalue weighted by molar-refractivity contribution is 0.407. The summed E-state index contributed by atoms with van der Waals surface area (Å²) in [6, 6.07) is 0. The fourth-order valence-electron chi connectivity index (χ4n) is 2.00. The fraction of sp³-hybridized carbons (Fsp3) is 1.00. The maximum absolute atomic E-state index is 2.40. The molecule has 0 amide bonds. The van der Waals surface area contributed by atoms with Crippen LogP contribution in [0.4, 0.5) is 0 Å². The van der Waals surface area contributed by atoms with Gasteiger partial charge in [0.05, 0.1) is 0 Å². The van der Waals surface area contributed by atoms with Gasteiger partial charge in [0, 0.05) is 10.00 Å². The molecule has 58 valence electrons. The van der Waals surface area contributed by atoms with Crippen molar-refractivity contribution in [3.8, 4) is 0 Å². The van der Waals surface area contributed by atoms with Crippen LogP contribution in [0.5, 0.6) is 0 Å². The summed E-state index contributed by atoms with van der Waals surface area (Å²) in [6.45, 7) is 7.20. The Morgan fingerprint density at radius 3 is 2.10 bits per heavy atom. The monoisotopic (exact) mass is 174 g/mol. The third kappa shape index (κ3) is 0.724. The van der Waals surface area contributed by atoms with Crippen molar-refractivity contribution in [1.29, 1.82) is 0 Å². The summed E-state index contributed by atoms with van der Waals surface area (Å²) in [7, 11) is 4.18. The highest BCUT2D eigenvalue weighted by atomic mass is 33.1. The van der Waals surface area contributed by atoms with Crippen molar-refractivity contribution in [3.63, 3.8) is 0 Å². The zero-order chi connectivity index (χ0) is 7.41. The zero-order valence-corrected chi connectivity index (χ0v) is 8.44. The minimum absolute atomic E-state index is 0.553. The molecule has 0 nitrogen and oxygen atoms in total. The summed E-state index contributed by atoms with van der Waals surface area (Å²) in [5.41, 5.74) is 0.725. The van der Waals surface area contributed by atoms with E-state index in [4.69, 9.17) is 0 Å². The Kier molecular flexibility index (Phi) is 1.39. The lowest BCUT2D eigenvalue weighted by Gasteiger charge is -2.26. The molecule has 1 atom stereocenters. The second-order valence-electron chi connectivity index (χ2n) is 3.99. The minimum Gasteiger partial charge on any atom is -0.0898 e. The summed E-state index contributed by atoms with van der Waals surface area (Å²) < 4.78 is 0.553. The molecule has 0 radical (unpaired) electrons. The highest BCUT2D eigenvalue weighted by molar-refractivity contribution is 8.77. The van der Waals surface area contributed by atoms with E-state index in [0.29, 0.717) is 4.75 Å². The molecular weight excluding hydrogens is 160 g/mol. The summed E-state index contributed by atoms with van der Waals surface area (Å²) in [5, 5.41) is 0.896. The molecule has 0 unspecified atom stereocenters. The van der Waals surface area contributed by atoms with Crippen LogP contribution in [0.1, 0.15) is 33.6 Å². The molecule has 0 N–H and O–H groups in total. The van der Waals surface area contributed by atoms with E-state index in [2.05, 4.69) is 42.4 Å². The second kappa shape index (κ2) is 1.89. The van der Waals surface area contributed by atoms with Gasteiger partial charge in [-0.2, -0.15) is 0 Å². The van der Waals surface area contributed by atoms with Gasteiger partial charge in [0.25, 0.3) is 0 Å². The van der Waals surface area contributed by atoms with E-state index >= 15 is 0 Å². The molecule has 0 bridgehead atoms. The van der Waals surface area contributed by atoms with E-state index in [-0.39, 0.29) is 0 Å². The average Bonchev–Trinajstić information content (AvgIpc) is 2.58. The van der Waals surface area contributed by atoms with E-state index in [1.807, 2.05) is 0 Å². The van der Waals surface area contributed by atoms with Crippen LogP contribution < -0.4 is 0 Å². The topological polar surface area (TPSA) is 0 Å². The first-order chi connectivity index (χ1) is 4.58. The van der Waals surface area contributed by atoms with Crippen molar-refractivity contribution in [2.45, 2.75) is 43.6 Å². The first-order valence-corrected chi connectivity index (χ1v) is 6.14. The lowest BCUT2D eigenvalue weighted by atomic mass is 9.88. The molecule has 0 aromatic rings. The van der Waals surface area contributed by atoms with Crippen LogP contribution >= 0.6 is 21.6 Å². The van der Waals surface area contributed by atoms with Crippen LogP contribution in [0, 0.1) is 5.41 Å². The van der Waals surface area contributed by atoms with Gasteiger partial charge in [-0.15, -0.1) is 0 Å². The normalized spacial score (nSPS) is 40.5. The summed E-state index contributed by atoms with van der Waals surface area (Å²) in [6.07, 6.45) is 2.95. The molecule has 2 aliphatic rings. The SMILES string of the molecule is C[C@@H]1SSC(C)(C)C12CC2. The smallest absolute Gasteiger partial charge is 0.0274 e. The maximum atomic E-state index is 2.40. The molecule has 1 aliphatic carbocycles. The van der Waals surface area contributed by atoms with E-state index < -0.39 is 0 Å². The zero-order valence-electron chi connectivity index (χ0n) is 6.81. The molecule has 2 heteroatoms. The Labute approximate surface area is 70.9 Å². The number of hydrogen-bond acceptors (Lipinski definition) is 2. The van der Waals surface area contributed by atoms with Crippen LogP contribution in [0.3, 0.4) is 0 Å². The highest BCUT2D eigenvalue weighted by Crippen LogP contribution is 2.72.